The quantitative estimate of drug-likeness (QED) is 0.468. The van der Waals surface area contributed by atoms with Crippen LogP contribution in [0, 0.1) is 0 Å². The molecule has 0 aromatic carbocycles. The van der Waals surface area contributed by atoms with Crippen molar-refractivity contribution in [2.24, 2.45) is 0 Å². The Morgan fingerprint density at radius 3 is 1.27 bits per heavy atom. The zero-order valence-electron chi connectivity index (χ0n) is 7.63. The molecule has 0 amide bonds. The second kappa shape index (κ2) is 10.5. The standard InChI is InChI=1S/C6H16O3Si.H3P/c1-4-7-10(8-5-2)9-6-3;/h10H,4-6H2,1-3H3;1H3. The van der Waals surface area contributed by atoms with Gasteiger partial charge in [0.2, 0.25) is 0 Å². The molecule has 11 heavy (non-hydrogen) atoms. The molecule has 1 atom stereocenters. The Morgan fingerprint density at radius 2 is 1.09 bits per heavy atom. The van der Waals surface area contributed by atoms with E-state index in [0.717, 1.165) is 0 Å². The average molecular weight is 198 g/mol. The molecular formula is C6H19O3PSi. The summed E-state index contributed by atoms with van der Waals surface area (Å²) in [6, 6.07) is 0. The molecule has 0 rings (SSSR count). The van der Waals surface area contributed by atoms with E-state index >= 15 is 0 Å². The van der Waals surface area contributed by atoms with Crippen LogP contribution < -0.4 is 0 Å². The third-order valence-electron chi connectivity index (χ3n) is 0.908. The van der Waals surface area contributed by atoms with Gasteiger partial charge in [0.1, 0.15) is 0 Å². The fraction of sp³-hybridized carbons (Fsp3) is 1.00. The van der Waals surface area contributed by atoms with Crippen LogP contribution in [0.15, 0.2) is 0 Å². The van der Waals surface area contributed by atoms with E-state index in [4.69, 9.17) is 13.3 Å². The average Bonchev–Trinajstić information content (AvgIpc) is 1.90. The first-order valence-corrected chi connectivity index (χ1v) is 5.11. The highest BCUT2D eigenvalue weighted by Crippen LogP contribution is 1.90. The molecule has 0 aromatic heterocycles. The van der Waals surface area contributed by atoms with Crippen molar-refractivity contribution < 1.29 is 13.3 Å². The van der Waals surface area contributed by atoms with E-state index in [1.807, 2.05) is 20.8 Å². The fourth-order valence-corrected chi connectivity index (χ4v) is 1.66. The van der Waals surface area contributed by atoms with Crippen LogP contribution in [0.5, 0.6) is 0 Å². The van der Waals surface area contributed by atoms with E-state index in [1.54, 1.807) is 0 Å². The van der Waals surface area contributed by atoms with Crippen molar-refractivity contribution in [1.29, 1.82) is 0 Å². The maximum absolute atomic E-state index is 5.22. The van der Waals surface area contributed by atoms with Crippen LogP contribution >= 0.6 is 9.90 Å². The molecule has 0 heterocycles. The van der Waals surface area contributed by atoms with Gasteiger partial charge in [0.25, 0.3) is 0 Å². The number of rotatable bonds is 6. The zero-order valence-corrected chi connectivity index (χ0v) is 10.2. The minimum Gasteiger partial charge on any atom is -0.376 e. The molecule has 0 aliphatic heterocycles. The summed E-state index contributed by atoms with van der Waals surface area (Å²) < 4.78 is 15.7. The van der Waals surface area contributed by atoms with Crippen molar-refractivity contribution in [2.75, 3.05) is 19.8 Å². The van der Waals surface area contributed by atoms with Gasteiger partial charge in [-0.3, -0.25) is 0 Å². The summed E-state index contributed by atoms with van der Waals surface area (Å²) in [5.74, 6) is 0. The maximum Gasteiger partial charge on any atom is 0.484 e. The van der Waals surface area contributed by atoms with E-state index in [1.165, 1.54) is 0 Å². The lowest BCUT2D eigenvalue weighted by Gasteiger charge is -2.12. The summed E-state index contributed by atoms with van der Waals surface area (Å²) in [4.78, 5) is 0. The van der Waals surface area contributed by atoms with Gasteiger partial charge in [-0.1, -0.05) is 0 Å². The van der Waals surface area contributed by atoms with Crippen molar-refractivity contribution in [3.63, 3.8) is 0 Å². The lowest BCUT2D eigenvalue weighted by Crippen LogP contribution is -2.27. The molecule has 0 spiro atoms. The Kier molecular flexibility index (Phi) is 13.5. The first kappa shape index (κ1) is 14.1. The summed E-state index contributed by atoms with van der Waals surface area (Å²) in [5.41, 5.74) is 0. The summed E-state index contributed by atoms with van der Waals surface area (Å²) in [6.07, 6.45) is 0. The van der Waals surface area contributed by atoms with Gasteiger partial charge in [0.15, 0.2) is 0 Å². The van der Waals surface area contributed by atoms with E-state index < -0.39 is 9.53 Å². The van der Waals surface area contributed by atoms with Crippen LogP contribution in [0.2, 0.25) is 0 Å². The van der Waals surface area contributed by atoms with E-state index in [-0.39, 0.29) is 9.90 Å². The summed E-state index contributed by atoms with van der Waals surface area (Å²) in [7, 11) is -1.73. The minimum atomic E-state index is -1.73. The Balaban J connectivity index is 0. The molecule has 0 bridgehead atoms. The summed E-state index contributed by atoms with van der Waals surface area (Å²) in [6.45, 7) is 7.86. The molecule has 0 saturated carbocycles. The van der Waals surface area contributed by atoms with E-state index in [9.17, 15) is 0 Å². The SMILES string of the molecule is CCO[SiH](OCC)OCC.P. The Bertz CT molecular complexity index is 60.6. The van der Waals surface area contributed by atoms with Crippen molar-refractivity contribution in [3.8, 4) is 0 Å². The van der Waals surface area contributed by atoms with Gasteiger partial charge in [0, 0.05) is 19.8 Å². The molecule has 70 valence electrons. The highest BCUT2D eigenvalue weighted by atomic mass is 31.0. The van der Waals surface area contributed by atoms with Gasteiger partial charge in [-0.05, 0) is 20.8 Å². The van der Waals surface area contributed by atoms with Crippen molar-refractivity contribution >= 4 is 19.4 Å². The van der Waals surface area contributed by atoms with Gasteiger partial charge in [-0.2, -0.15) is 9.90 Å². The van der Waals surface area contributed by atoms with Crippen LogP contribution in [-0.4, -0.2) is 29.3 Å². The molecule has 0 aliphatic carbocycles. The third-order valence-corrected chi connectivity index (χ3v) is 2.72. The topological polar surface area (TPSA) is 27.7 Å². The molecular weight excluding hydrogens is 179 g/mol. The Hall–Kier alpha value is 0.527. The predicted octanol–water partition coefficient (Wildman–Crippen LogP) is 0.871. The zero-order chi connectivity index (χ0) is 7.82. The molecule has 0 aliphatic rings. The van der Waals surface area contributed by atoms with Crippen LogP contribution in [0.25, 0.3) is 0 Å². The lowest BCUT2D eigenvalue weighted by atomic mass is 10.9. The first-order chi connectivity index (χ1) is 4.85. The molecule has 0 fully saturated rings. The highest BCUT2D eigenvalue weighted by Gasteiger charge is 2.11. The smallest absolute Gasteiger partial charge is 0.376 e. The van der Waals surface area contributed by atoms with Crippen molar-refractivity contribution in [1.82, 2.24) is 0 Å². The maximum atomic E-state index is 5.22. The number of hydrogen-bond acceptors (Lipinski definition) is 3. The molecule has 0 aromatic rings. The Labute approximate surface area is 74.0 Å². The normalized spacial score (nSPS) is 9.82. The van der Waals surface area contributed by atoms with Gasteiger partial charge >= 0.3 is 9.53 Å². The summed E-state index contributed by atoms with van der Waals surface area (Å²) in [5, 5.41) is 0. The Morgan fingerprint density at radius 1 is 0.818 bits per heavy atom. The second-order valence-corrected chi connectivity index (χ2v) is 3.23. The van der Waals surface area contributed by atoms with Crippen LogP contribution in [0.1, 0.15) is 20.8 Å². The molecule has 0 radical (unpaired) electrons. The first-order valence-electron chi connectivity index (χ1n) is 3.69. The minimum absolute atomic E-state index is 0. The van der Waals surface area contributed by atoms with E-state index in [2.05, 4.69) is 0 Å². The highest BCUT2D eigenvalue weighted by molar-refractivity contribution is 6.92. The largest absolute Gasteiger partial charge is 0.484 e. The van der Waals surface area contributed by atoms with Crippen LogP contribution in [0.4, 0.5) is 0 Å². The van der Waals surface area contributed by atoms with Gasteiger partial charge < -0.3 is 13.3 Å². The second-order valence-electron chi connectivity index (χ2n) is 1.65. The number of hydrogen-bond donors (Lipinski definition) is 0. The molecule has 5 heteroatoms. The van der Waals surface area contributed by atoms with Crippen molar-refractivity contribution in [2.45, 2.75) is 20.8 Å². The lowest BCUT2D eigenvalue weighted by molar-refractivity contribution is 0.107. The molecule has 0 N–H and O–H groups in total. The van der Waals surface area contributed by atoms with E-state index in [0.29, 0.717) is 19.8 Å². The predicted molar refractivity (Wildman–Crippen MR) is 53.1 cm³/mol. The van der Waals surface area contributed by atoms with Crippen molar-refractivity contribution in [3.05, 3.63) is 0 Å². The molecule has 0 saturated heterocycles. The monoisotopic (exact) mass is 198 g/mol. The molecule has 3 nitrogen and oxygen atoms in total. The third kappa shape index (κ3) is 8.43. The van der Waals surface area contributed by atoms with Gasteiger partial charge in [0.05, 0.1) is 0 Å². The molecule has 1 unspecified atom stereocenters. The van der Waals surface area contributed by atoms with Gasteiger partial charge in [-0.25, -0.2) is 0 Å². The van der Waals surface area contributed by atoms with Crippen LogP contribution in [-0.2, 0) is 13.3 Å². The fourth-order valence-electron chi connectivity index (χ4n) is 0.553. The van der Waals surface area contributed by atoms with Crippen LogP contribution in [0.3, 0.4) is 0 Å². The summed E-state index contributed by atoms with van der Waals surface area (Å²) >= 11 is 0. The van der Waals surface area contributed by atoms with Gasteiger partial charge in [-0.15, -0.1) is 0 Å².